The van der Waals surface area contributed by atoms with E-state index in [2.05, 4.69) is 15.1 Å². The summed E-state index contributed by atoms with van der Waals surface area (Å²) < 4.78 is 16.2. The Morgan fingerprint density at radius 2 is 2.04 bits per heavy atom. The van der Waals surface area contributed by atoms with Gasteiger partial charge in [0.25, 0.3) is 5.91 Å². The molecule has 0 saturated heterocycles. The third kappa shape index (κ3) is 2.45. The zero-order valence-electron chi connectivity index (χ0n) is 14.7. The second-order valence-electron chi connectivity index (χ2n) is 7.26. The highest BCUT2D eigenvalue weighted by molar-refractivity contribution is 6.08. The maximum Gasteiger partial charge on any atom is 0.258 e. The molecular weight excluding hydrogens is 345 g/mol. The molecule has 1 aromatic carbocycles. The van der Waals surface area contributed by atoms with E-state index in [1.165, 1.54) is 23.4 Å². The first-order valence-corrected chi connectivity index (χ1v) is 9.10. The van der Waals surface area contributed by atoms with Gasteiger partial charge in [-0.25, -0.2) is 19.0 Å². The average molecular weight is 363 g/mol. The number of fused-ring (bicyclic) bond motifs is 2. The first-order chi connectivity index (χ1) is 13.2. The van der Waals surface area contributed by atoms with Crippen molar-refractivity contribution in [1.29, 1.82) is 0 Å². The van der Waals surface area contributed by atoms with E-state index >= 15 is 0 Å². The van der Waals surface area contributed by atoms with Crippen LogP contribution in [-0.4, -0.2) is 32.2 Å². The van der Waals surface area contributed by atoms with Gasteiger partial charge >= 0.3 is 0 Å². The molecule has 3 heterocycles. The normalized spacial score (nSPS) is 17.4. The number of rotatable bonds is 2. The number of nitrogens with zero attached hydrogens (tertiary/aromatic N) is 5. The van der Waals surface area contributed by atoms with Crippen LogP contribution >= 0.6 is 0 Å². The topological polar surface area (TPSA) is 63.9 Å². The monoisotopic (exact) mass is 363 g/mol. The van der Waals surface area contributed by atoms with Crippen molar-refractivity contribution in [3.8, 4) is 5.82 Å². The summed E-state index contributed by atoms with van der Waals surface area (Å²) in [7, 11) is 0. The highest BCUT2D eigenvalue weighted by Crippen LogP contribution is 2.51. The number of amides is 1. The molecule has 5 rings (SSSR count). The molecule has 3 aromatic rings. The number of pyridine rings is 1. The standard InChI is InChI=1S/C20H18FN5O/c21-16-5-3-4-15-18(16)25(11-20(15)7-1-2-8-20)19(27)14-6-9-23-17(10-14)26-13-22-12-24-26/h3-6,9-10,12-13H,1-2,7-8,11H2. The van der Waals surface area contributed by atoms with Crippen LogP contribution in [0.3, 0.4) is 0 Å². The van der Waals surface area contributed by atoms with E-state index in [4.69, 9.17) is 0 Å². The molecule has 0 atom stereocenters. The molecule has 1 aliphatic heterocycles. The number of carbonyl (C=O) groups is 1. The molecule has 0 radical (unpaired) electrons. The summed E-state index contributed by atoms with van der Waals surface area (Å²) in [6.07, 6.45) is 8.71. The summed E-state index contributed by atoms with van der Waals surface area (Å²) in [5.74, 6) is -0.0500. The van der Waals surface area contributed by atoms with Gasteiger partial charge in [-0.1, -0.05) is 25.0 Å². The van der Waals surface area contributed by atoms with E-state index in [-0.39, 0.29) is 17.1 Å². The largest absolute Gasteiger partial charge is 0.304 e. The molecule has 1 saturated carbocycles. The van der Waals surface area contributed by atoms with Crippen LogP contribution in [0.25, 0.3) is 5.82 Å². The third-order valence-electron chi connectivity index (χ3n) is 5.74. The molecule has 6 nitrogen and oxygen atoms in total. The predicted molar refractivity (Wildman–Crippen MR) is 97.4 cm³/mol. The van der Waals surface area contributed by atoms with Gasteiger partial charge in [-0.2, -0.15) is 5.10 Å². The van der Waals surface area contributed by atoms with Gasteiger partial charge in [0.05, 0.1) is 5.69 Å². The Morgan fingerprint density at radius 3 is 2.81 bits per heavy atom. The van der Waals surface area contributed by atoms with Crippen molar-refractivity contribution >= 4 is 11.6 Å². The molecule has 1 amide bonds. The predicted octanol–water partition coefficient (Wildman–Crippen LogP) is 3.27. The Morgan fingerprint density at radius 1 is 1.19 bits per heavy atom. The Labute approximate surface area is 155 Å². The van der Waals surface area contributed by atoms with Crippen molar-refractivity contribution in [3.63, 3.8) is 0 Å². The van der Waals surface area contributed by atoms with E-state index < -0.39 is 0 Å². The molecule has 0 N–H and O–H groups in total. The van der Waals surface area contributed by atoms with Gasteiger partial charge in [0.2, 0.25) is 0 Å². The zero-order chi connectivity index (χ0) is 18.4. The zero-order valence-corrected chi connectivity index (χ0v) is 14.7. The lowest BCUT2D eigenvalue weighted by atomic mass is 9.81. The van der Waals surface area contributed by atoms with E-state index in [0.29, 0.717) is 23.6 Å². The molecule has 2 aliphatic rings. The quantitative estimate of drug-likeness (QED) is 0.701. The van der Waals surface area contributed by atoms with Crippen molar-refractivity contribution in [2.75, 3.05) is 11.4 Å². The van der Waals surface area contributed by atoms with Crippen LogP contribution in [0.2, 0.25) is 0 Å². The van der Waals surface area contributed by atoms with Gasteiger partial charge in [-0.15, -0.1) is 0 Å². The molecular formula is C20H18FN5O. The van der Waals surface area contributed by atoms with Crippen molar-refractivity contribution < 1.29 is 9.18 Å². The number of benzene rings is 1. The fourth-order valence-corrected chi connectivity index (χ4v) is 4.50. The lowest BCUT2D eigenvalue weighted by molar-refractivity contribution is 0.0984. The Balaban J connectivity index is 1.56. The third-order valence-corrected chi connectivity index (χ3v) is 5.74. The minimum absolute atomic E-state index is 0.116. The van der Waals surface area contributed by atoms with Gasteiger partial charge in [0, 0.05) is 23.7 Å². The maximum atomic E-state index is 14.7. The smallest absolute Gasteiger partial charge is 0.258 e. The second-order valence-corrected chi connectivity index (χ2v) is 7.26. The van der Waals surface area contributed by atoms with Gasteiger partial charge < -0.3 is 4.90 Å². The average Bonchev–Trinajstić information content (AvgIpc) is 3.44. The molecule has 27 heavy (non-hydrogen) atoms. The highest BCUT2D eigenvalue weighted by Gasteiger charge is 2.47. The van der Waals surface area contributed by atoms with Crippen LogP contribution in [0, 0.1) is 5.82 Å². The number of hydrogen-bond donors (Lipinski definition) is 0. The number of hydrogen-bond acceptors (Lipinski definition) is 4. The van der Waals surface area contributed by atoms with Crippen molar-refractivity contribution in [1.82, 2.24) is 19.7 Å². The summed E-state index contributed by atoms with van der Waals surface area (Å²) in [6, 6.07) is 8.47. The van der Waals surface area contributed by atoms with E-state index in [0.717, 1.165) is 31.2 Å². The SMILES string of the molecule is O=C(c1ccnc(-n2cncn2)c1)N1CC2(CCCC2)c2cccc(F)c21. The minimum atomic E-state index is -0.338. The van der Waals surface area contributed by atoms with Crippen LogP contribution < -0.4 is 4.90 Å². The number of carbonyl (C=O) groups excluding carboxylic acids is 1. The number of para-hydroxylation sites is 1. The lowest BCUT2D eigenvalue weighted by Crippen LogP contribution is -2.35. The highest BCUT2D eigenvalue weighted by atomic mass is 19.1. The van der Waals surface area contributed by atoms with Crippen molar-refractivity contribution in [3.05, 3.63) is 66.1 Å². The molecule has 1 spiro atoms. The van der Waals surface area contributed by atoms with Crippen molar-refractivity contribution in [2.45, 2.75) is 31.1 Å². The van der Waals surface area contributed by atoms with Crippen LogP contribution in [-0.2, 0) is 5.41 Å². The minimum Gasteiger partial charge on any atom is -0.304 e. The molecule has 1 fully saturated rings. The maximum absolute atomic E-state index is 14.7. The van der Waals surface area contributed by atoms with Gasteiger partial charge in [0.15, 0.2) is 5.82 Å². The van der Waals surface area contributed by atoms with Crippen LogP contribution in [0.5, 0.6) is 0 Å². The van der Waals surface area contributed by atoms with Crippen LogP contribution in [0.15, 0.2) is 49.2 Å². The van der Waals surface area contributed by atoms with Gasteiger partial charge in [0.1, 0.15) is 18.5 Å². The Kier molecular flexibility index (Phi) is 3.56. The molecule has 0 bridgehead atoms. The molecule has 0 unspecified atom stereocenters. The van der Waals surface area contributed by atoms with E-state index in [9.17, 15) is 9.18 Å². The summed E-state index contributed by atoms with van der Waals surface area (Å²) >= 11 is 0. The number of aromatic nitrogens is 4. The fraction of sp³-hybridized carbons (Fsp3) is 0.300. The summed E-state index contributed by atoms with van der Waals surface area (Å²) in [5.41, 5.74) is 1.75. The first-order valence-electron chi connectivity index (χ1n) is 9.10. The molecule has 2 aromatic heterocycles. The lowest BCUT2D eigenvalue weighted by Gasteiger charge is -2.24. The summed E-state index contributed by atoms with van der Waals surface area (Å²) in [5, 5.41) is 4.05. The summed E-state index contributed by atoms with van der Waals surface area (Å²) in [6.45, 7) is 0.531. The number of anilines is 1. The van der Waals surface area contributed by atoms with Gasteiger partial charge in [-0.3, -0.25) is 4.79 Å². The summed E-state index contributed by atoms with van der Waals surface area (Å²) in [4.78, 5) is 23.1. The second kappa shape index (κ2) is 5.97. The van der Waals surface area contributed by atoms with Crippen LogP contribution in [0.4, 0.5) is 10.1 Å². The fourth-order valence-electron chi connectivity index (χ4n) is 4.50. The van der Waals surface area contributed by atoms with E-state index in [1.54, 1.807) is 29.3 Å². The molecule has 136 valence electrons. The Hall–Kier alpha value is -3.09. The van der Waals surface area contributed by atoms with Crippen LogP contribution in [0.1, 0.15) is 41.6 Å². The number of halogens is 1. The van der Waals surface area contributed by atoms with E-state index in [1.807, 2.05) is 6.07 Å². The van der Waals surface area contributed by atoms with Gasteiger partial charge in [-0.05, 0) is 36.6 Å². The first kappa shape index (κ1) is 16.1. The van der Waals surface area contributed by atoms with Crippen molar-refractivity contribution in [2.24, 2.45) is 0 Å². The molecule has 1 aliphatic carbocycles. The Bertz CT molecular complexity index is 1010. The molecule has 7 heteroatoms.